The van der Waals surface area contributed by atoms with Crippen LogP contribution in [-0.4, -0.2) is 62.8 Å². The summed E-state index contributed by atoms with van der Waals surface area (Å²) in [6.45, 7) is 2.29. The Labute approximate surface area is 114 Å². The smallest absolute Gasteiger partial charge is 0.214 e. The third-order valence-electron chi connectivity index (χ3n) is 3.58. The van der Waals surface area contributed by atoms with Gasteiger partial charge in [0.15, 0.2) is 0 Å². The molecule has 1 heterocycles. The third-order valence-corrected chi connectivity index (χ3v) is 6.98. The zero-order valence-corrected chi connectivity index (χ0v) is 12.9. The topological polar surface area (TPSA) is 72.6 Å². The molecule has 5 nitrogen and oxygen atoms in total. The summed E-state index contributed by atoms with van der Waals surface area (Å²) in [7, 11) is -1.53. The summed E-state index contributed by atoms with van der Waals surface area (Å²) in [6, 6.07) is 0. The van der Waals surface area contributed by atoms with Gasteiger partial charge in [-0.25, -0.2) is 12.7 Å². The van der Waals surface area contributed by atoms with Crippen molar-refractivity contribution in [1.29, 1.82) is 0 Å². The zero-order chi connectivity index (χ0) is 13.6. The van der Waals surface area contributed by atoms with Gasteiger partial charge >= 0.3 is 0 Å². The Bertz CT molecular complexity index is 332. The normalized spacial score (nSPS) is 21.1. The van der Waals surface area contributed by atoms with E-state index in [0.29, 0.717) is 32.7 Å². The first-order chi connectivity index (χ1) is 8.49. The van der Waals surface area contributed by atoms with Gasteiger partial charge in [-0.15, -0.1) is 0 Å². The van der Waals surface area contributed by atoms with Crippen molar-refractivity contribution in [1.82, 2.24) is 4.31 Å². The SMILES string of the molecule is COCCCS(=O)(=O)N1CCC(CN)(SC)CC1. The monoisotopic (exact) mass is 296 g/mol. The lowest BCUT2D eigenvalue weighted by molar-refractivity contribution is 0.199. The molecule has 0 atom stereocenters. The number of nitrogens with zero attached hydrogens (tertiary/aromatic N) is 1. The average Bonchev–Trinajstić information content (AvgIpc) is 2.39. The van der Waals surface area contributed by atoms with E-state index < -0.39 is 10.0 Å². The minimum Gasteiger partial charge on any atom is -0.385 e. The van der Waals surface area contributed by atoms with Gasteiger partial charge in [0, 0.05) is 38.1 Å². The van der Waals surface area contributed by atoms with E-state index in [1.54, 1.807) is 23.2 Å². The second-order valence-corrected chi connectivity index (χ2v) is 8.02. The van der Waals surface area contributed by atoms with Crippen LogP contribution >= 0.6 is 11.8 Å². The second kappa shape index (κ2) is 7.09. The fourth-order valence-electron chi connectivity index (χ4n) is 2.18. The highest BCUT2D eigenvalue weighted by Crippen LogP contribution is 2.34. The lowest BCUT2D eigenvalue weighted by Crippen LogP contribution is -2.48. The van der Waals surface area contributed by atoms with Gasteiger partial charge in [0.25, 0.3) is 0 Å². The Morgan fingerprint density at radius 2 is 2.00 bits per heavy atom. The lowest BCUT2D eigenvalue weighted by Gasteiger charge is -2.39. The molecule has 0 aromatic heterocycles. The Kier molecular flexibility index (Phi) is 6.40. The van der Waals surface area contributed by atoms with Crippen LogP contribution in [0.1, 0.15) is 19.3 Å². The second-order valence-electron chi connectivity index (χ2n) is 4.65. The van der Waals surface area contributed by atoms with Crippen molar-refractivity contribution in [3.05, 3.63) is 0 Å². The molecule has 1 fully saturated rings. The van der Waals surface area contributed by atoms with E-state index in [9.17, 15) is 8.42 Å². The number of sulfonamides is 1. The maximum atomic E-state index is 12.1. The van der Waals surface area contributed by atoms with E-state index in [4.69, 9.17) is 10.5 Å². The highest BCUT2D eigenvalue weighted by Gasteiger charge is 2.36. The van der Waals surface area contributed by atoms with Gasteiger partial charge < -0.3 is 10.5 Å². The van der Waals surface area contributed by atoms with Gasteiger partial charge in [0.1, 0.15) is 0 Å². The summed E-state index contributed by atoms with van der Waals surface area (Å²) in [5.74, 6) is 0.176. The van der Waals surface area contributed by atoms with Gasteiger partial charge in [0.05, 0.1) is 5.75 Å². The quantitative estimate of drug-likeness (QED) is 0.693. The maximum absolute atomic E-state index is 12.1. The highest BCUT2D eigenvalue weighted by molar-refractivity contribution is 8.00. The predicted octanol–water partition coefficient (Wildman–Crippen LogP) is 0.509. The van der Waals surface area contributed by atoms with E-state index in [1.807, 2.05) is 0 Å². The number of thioether (sulfide) groups is 1. The average molecular weight is 296 g/mol. The van der Waals surface area contributed by atoms with E-state index in [-0.39, 0.29) is 10.5 Å². The van der Waals surface area contributed by atoms with Crippen LogP contribution in [0.2, 0.25) is 0 Å². The van der Waals surface area contributed by atoms with Crippen molar-refractivity contribution in [3.63, 3.8) is 0 Å². The van der Waals surface area contributed by atoms with Gasteiger partial charge in [-0.2, -0.15) is 11.8 Å². The molecule has 2 N–H and O–H groups in total. The number of methoxy groups -OCH3 is 1. The summed E-state index contributed by atoms with van der Waals surface area (Å²) in [4.78, 5) is 0. The molecule has 18 heavy (non-hydrogen) atoms. The maximum Gasteiger partial charge on any atom is 0.214 e. The van der Waals surface area contributed by atoms with Crippen molar-refractivity contribution < 1.29 is 13.2 Å². The molecule has 0 aromatic rings. The van der Waals surface area contributed by atoms with Crippen LogP contribution in [0.25, 0.3) is 0 Å². The van der Waals surface area contributed by atoms with Crippen LogP contribution in [0.3, 0.4) is 0 Å². The van der Waals surface area contributed by atoms with Gasteiger partial charge in [-0.3, -0.25) is 0 Å². The molecule has 7 heteroatoms. The molecule has 1 saturated heterocycles. The fourth-order valence-corrected chi connectivity index (χ4v) is 4.42. The van der Waals surface area contributed by atoms with Crippen molar-refractivity contribution in [2.45, 2.75) is 24.0 Å². The summed E-state index contributed by atoms with van der Waals surface area (Å²) >= 11 is 1.76. The van der Waals surface area contributed by atoms with Crippen molar-refractivity contribution in [2.24, 2.45) is 5.73 Å². The molecule has 108 valence electrons. The minimum absolute atomic E-state index is 0.0680. The fraction of sp³-hybridized carbons (Fsp3) is 1.00. The molecule has 0 saturated carbocycles. The van der Waals surface area contributed by atoms with Crippen LogP contribution in [0.15, 0.2) is 0 Å². The van der Waals surface area contributed by atoms with Crippen LogP contribution in [-0.2, 0) is 14.8 Å². The Balaban J connectivity index is 2.51. The molecule has 0 unspecified atom stereocenters. The molecule has 0 spiro atoms. The summed E-state index contributed by atoms with van der Waals surface area (Å²) < 4.78 is 30.7. The summed E-state index contributed by atoms with van der Waals surface area (Å²) in [5, 5.41) is 0. The minimum atomic E-state index is -3.12. The molecule has 1 rings (SSSR count). The van der Waals surface area contributed by atoms with Crippen LogP contribution in [0.4, 0.5) is 0 Å². The molecular weight excluding hydrogens is 272 g/mol. The summed E-state index contributed by atoms with van der Waals surface area (Å²) in [6.07, 6.45) is 4.29. The largest absolute Gasteiger partial charge is 0.385 e. The third kappa shape index (κ3) is 4.09. The Morgan fingerprint density at radius 1 is 1.39 bits per heavy atom. The molecule has 0 aromatic carbocycles. The molecule has 0 amide bonds. The molecule has 0 aliphatic carbocycles. The van der Waals surface area contributed by atoms with Gasteiger partial charge in [-0.05, 0) is 25.5 Å². The van der Waals surface area contributed by atoms with Crippen LogP contribution < -0.4 is 5.73 Å². The number of hydrogen-bond donors (Lipinski definition) is 1. The molecular formula is C11H24N2O3S2. The standard InChI is InChI=1S/C11H24N2O3S2/c1-16-8-3-9-18(14,15)13-6-4-11(10-12,17-2)5-7-13/h3-10,12H2,1-2H3. The molecule has 0 radical (unpaired) electrons. The first kappa shape index (κ1) is 16.2. The molecule has 1 aliphatic rings. The summed E-state index contributed by atoms with van der Waals surface area (Å²) in [5.41, 5.74) is 5.80. The number of nitrogens with two attached hydrogens (primary N) is 1. The molecule has 0 bridgehead atoms. The first-order valence-corrected chi connectivity index (χ1v) is 9.05. The van der Waals surface area contributed by atoms with Gasteiger partial charge in [-0.1, -0.05) is 0 Å². The predicted molar refractivity (Wildman–Crippen MR) is 76.4 cm³/mol. The van der Waals surface area contributed by atoms with E-state index in [2.05, 4.69) is 6.26 Å². The lowest BCUT2D eigenvalue weighted by atomic mass is 9.97. The Hall–Kier alpha value is 0.180. The van der Waals surface area contributed by atoms with E-state index in [1.165, 1.54) is 0 Å². The number of ether oxygens (including phenoxy) is 1. The first-order valence-electron chi connectivity index (χ1n) is 6.22. The number of hydrogen-bond acceptors (Lipinski definition) is 5. The van der Waals surface area contributed by atoms with Crippen molar-refractivity contribution >= 4 is 21.8 Å². The highest BCUT2D eigenvalue weighted by atomic mass is 32.2. The van der Waals surface area contributed by atoms with Crippen molar-refractivity contribution in [3.8, 4) is 0 Å². The number of piperidine rings is 1. The van der Waals surface area contributed by atoms with E-state index >= 15 is 0 Å². The molecule has 1 aliphatic heterocycles. The van der Waals surface area contributed by atoms with E-state index in [0.717, 1.165) is 12.8 Å². The van der Waals surface area contributed by atoms with Gasteiger partial charge in [0.2, 0.25) is 10.0 Å². The van der Waals surface area contributed by atoms with Crippen LogP contribution in [0, 0.1) is 0 Å². The zero-order valence-electron chi connectivity index (χ0n) is 11.2. The number of rotatable bonds is 7. The van der Waals surface area contributed by atoms with Crippen molar-refractivity contribution in [2.75, 3.05) is 45.4 Å². The van der Waals surface area contributed by atoms with Crippen LogP contribution in [0.5, 0.6) is 0 Å². The Morgan fingerprint density at radius 3 is 2.44 bits per heavy atom.